The minimum atomic E-state index is 0.0142. The van der Waals surface area contributed by atoms with Crippen molar-refractivity contribution in [2.24, 2.45) is 0 Å². The first-order chi connectivity index (χ1) is 8.53. The molecule has 2 aromatic rings. The van der Waals surface area contributed by atoms with Gasteiger partial charge in [0.05, 0.1) is 12.3 Å². The van der Waals surface area contributed by atoms with E-state index in [4.69, 9.17) is 10.5 Å². The van der Waals surface area contributed by atoms with Crippen LogP contribution in [0.3, 0.4) is 0 Å². The molecule has 0 atom stereocenters. The first-order valence-corrected chi connectivity index (χ1v) is 5.94. The van der Waals surface area contributed by atoms with Gasteiger partial charge in [-0.05, 0) is 11.1 Å². The molecule has 0 spiro atoms. The number of hydrogen-bond acceptors (Lipinski definition) is 3. The van der Waals surface area contributed by atoms with Crippen molar-refractivity contribution in [3.05, 3.63) is 35.9 Å². The summed E-state index contributed by atoms with van der Waals surface area (Å²) >= 11 is 0. The smallest absolute Gasteiger partial charge is 0.145 e. The average molecular weight is 245 g/mol. The number of hydrogen-bond donors (Lipinski definition) is 2. The summed E-state index contributed by atoms with van der Waals surface area (Å²) < 4.78 is 5.25. The van der Waals surface area contributed by atoms with Crippen LogP contribution in [0.4, 0.5) is 5.82 Å². The van der Waals surface area contributed by atoms with Crippen LogP contribution >= 0.6 is 0 Å². The van der Waals surface area contributed by atoms with E-state index in [0.717, 1.165) is 11.3 Å². The Morgan fingerprint density at radius 1 is 1.28 bits per heavy atom. The van der Waals surface area contributed by atoms with Crippen molar-refractivity contribution in [1.82, 2.24) is 10.2 Å². The molecule has 0 aliphatic heterocycles. The number of nitrogen functional groups attached to an aromatic ring is 1. The summed E-state index contributed by atoms with van der Waals surface area (Å²) in [6, 6.07) is 10.2. The predicted molar refractivity (Wildman–Crippen MR) is 73.3 cm³/mol. The molecule has 0 unspecified atom stereocenters. The fourth-order valence-electron chi connectivity index (χ4n) is 2.03. The van der Waals surface area contributed by atoms with Gasteiger partial charge in [-0.15, -0.1) is 0 Å². The molecular weight excluding hydrogens is 226 g/mol. The summed E-state index contributed by atoms with van der Waals surface area (Å²) in [6.07, 6.45) is 0. The van der Waals surface area contributed by atoms with Crippen LogP contribution in [-0.2, 0) is 10.2 Å². The maximum Gasteiger partial charge on any atom is 0.145 e. The molecule has 0 aliphatic carbocycles. The normalized spacial score (nSPS) is 11.7. The topological polar surface area (TPSA) is 63.9 Å². The van der Waals surface area contributed by atoms with Gasteiger partial charge < -0.3 is 10.5 Å². The minimum Gasteiger partial charge on any atom is -0.384 e. The second-order valence-electron chi connectivity index (χ2n) is 5.10. The number of aromatic amines is 1. The Morgan fingerprint density at radius 2 is 1.94 bits per heavy atom. The second kappa shape index (κ2) is 4.82. The summed E-state index contributed by atoms with van der Waals surface area (Å²) in [6.45, 7) is 5.03. The van der Waals surface area contributed by atoms with Crippen molar-refractivity contribution in [2.45, 2.75) is 19.3 Å². The third-order valence-corrected chi connectivity index (χ3v) is 3.08. The Hall–Kier alpha value is -1.81. The molecule has 0 saturated carbocycles. The molecule has 0 amide bonds. The lowest BCUT2D eigenvalue weighted by atomic mass is 9.85. The summed E-state index contributed by atoms with van der Waals surface area (Å²) in [4.78, 5) is 0. The van der Waals surface area contributed by atoms with Crippen LogP contribution in [0.2, 0.25) is 0 Å². The van der Waals surface area contributed by atoms with Gasteiger partial charge in [0.15, 0.2) is 0 Å². The molecule has 0 fully saturated rings. The number of aromatic nitrogens is 2. The first kappa shape index (κ1) is 12.6. The molecule has 0 radical (unpaired) electrons. The van der Waals surface area contributed by atoms with E-state index in [-0.39, 0.29) is 5.41 Å². The maximum atomic E-state index is 5.60. The minimum absolute atomic E-state index is 0.0142. The molecular formula is C14H19N3O. The Labute approximate surface area is 107 Å². The van der Waals surface area contributed by atoms with E-state index < -0.39 is 0 Å². The van der Waals surface area contributed by atoms with Gasteiger partial charge in [-0.3, -0.25) is 5.10 Å². The van der Waals surface area contributed by atoms with E-state index in [2.05, 4.69) is 48.3 Å². The zero-order valence-electron chi connectivity index (χ0n) is 11.0. The van der Waals surface area contributed by atoms with E-state index >= 15 is 0 Å². The summed E-state index contributed by atoms with van der Waals surface area (Å²) in [5, 5.41) is 6.83. The fourth-order valence-corrected chi connectivity index (χ4v) is 2.03. The molecule has 1 aromatic carbocycles. The van der Waals surface area contributed by atoms with Crippen LogP contribution in [0.25, 0.3) is 11.3 Å². The first-order valence-electron chi connectivity index (χ1n) is 5.94. The van der Waals surface area contributed by atoms with Crippen LogP contribution < -0.4 is 5.73 Å². The molecule has 1 heterocycles. The lowest BCUT2D eigenvalue weighted by molar-refractivity contribution is 0.146. The van der Waals surface area contributed by atoms with Gasteiger partial charge in [0.25, 0.3) is 0 Å². The molecule has 0 saturated heterocycles. The van der Waals surface area contributed by atoms with Crippen molar-refractivity contribution in [3.8, 4) is 11.3 Å². The van der Waals surface area contributed by atoms with Gasteiger partial charge in [0.1, 0.15) is 5.82 Å². The number of methoxy groups -OCH3 is 1. The molecule has 1 aromatic heterocycles. The number of rotatable bonds is 4. The Kier molecular flexibility index (Phi) is 3.39. The van der Waals surface area contributed by atoms with Crippen molar-refractivity contribution in [3.63, 3.8) is 0 Å². The van der Waals surface area contributed by atoms with Crippen LogP contribution in [0.5, 0.6) is 0 Å². The SMILES string of the molecule is COCC(C)(C)c1ccc(-c2cc(N)n[nH]2)cc1. The van der Waals surface area contributed by atoms with E-state index in [9.17, 15) is 0 Å². The Balaban J connectivity index is 2.25. The number of nitrogens with two attached hydrogens (primary N) is 1. The van der Waals surface area contributed by atoms with Crippen LogP contribution in [0.1, 0.15) is 19.4 Å². The van der Waals surface area contributed by atoms with Gasteiger partial charge in [-0.2, -0.15) is 5.10 Å². The highest BCUT2D eigenvalue weighted by atomic mass is 16.5. The molecule has 2 rings (SSSR count). The monoisotopic (exact) mass is 245 g/mol. The van der Waals surface area contributed by atoms with E-state index in [1.165, 1.54) is 5.56 Å². The molecule has 4 heteroatoms. The highest BCUT2D eigenvalue weighted by Crippen LogP contribution is 2.26. The maximum absolute atomic E-state index is 5.60. The Bertz CT molecular complexity index is 514. The second-order valence-corrected chi connectivity index (χ2v) is 5.10. The highest BCUT2D eigenvalue weighted by Gasteiger charge is 2.20. The summed E-state index contributed by atoms with van der Waals surface area (Å²) in [5.74, 6) is 0.508. The number of nitrogens with zero attached hydrogens (tertiary/aromatic N) is 1. The summed E-state index contributed by atoms with van der Waals surface area (Å²) in [7, 11) is 1.73. The van der Waals surface area contributed by atoms with Crippen LogP contribution in [0.15, 0.2) is 30.3 Å². The van der Waals surface area contributed by atoms with E-state index in [1.807, 2.05) is 6.07 Å². The summed E-state index contributed by atoms with van der Waals surface area (Å²) in [5.41, 5.74) is 8.87. The molecule has 96 valence electrons. The fraction of sp³-hybridized carbons (Fsp3) is 0.357. The zero-order chi connectivity index (χ0) is 13.2. The lowest BCUT2D eigenvalue weighted by Gasteiger charge is -2.24. The van der Waals surface area contributed by atoms with Crippen molar-refractivity contribution < 1.29 is 4.74 Å². The van der Waals surface area contributed by atoms with Crippen LogP contribution in [0, 0.1) is 0 Å². The van der Waals surface area contributed by atoms with Gasteiger partial charge in [0.2, 0.25) is 0 Å². The number of ether oxygens (including phenoxy) is 1. The zero-order valence-corrected chi connectivity index (χ0v) is 11.0. The predicted octanol–water partition coefficient (Wildman–Crippen LogP) is 2.58. The molecule has 3 N–H and O–H groups in total. The van der Waals surface area contributed by atoms with Gasteiger partial charge in [-0.25, -0.2) is 0 Å². The number of anilines is 1. The molecule has 4 nitrogen and oxygen atoms in total. The molecule has 0 aliphatic rings. The van der Waals surface area contributed by atoms with Gasteiger partial charge in [0, 0.05) is 18.6 Å². The van der Waals surface area contributed by atoms with Gasteiger partial charge in [-0.1, -0.05) is 38.1 Å². The third-order valence-electron chi connectivity index (χ3n) is 3.08. The highest BCUT2D eigenvalue weighted by molar-refractivity contribution is 5.62. The van der Waals surface area contributed by atoms with Crippen molar-refractivity contribution in [2.75, 3.05) is 19.5 Å². The number of benzene rings is 1. The van der Waals surface area contributed by atoms with Gasteiger partial charge >= 0.3 is 0 Å². The average Bonchev–Trinajstić information content (AvgIpc) is 2.76. The Morgan fingerprint density at radius 3 is 2.44 bits per heavy atom. The van der Waals surface area contributed by atoms with E-state index in [0.29, 0.717) is 12.4 Å². The number of H-pyrrole nitrogens is 1. The molecule has 0 bridgehead atoms. The lowest BCUT2D eigenvalue weighted by Crippen LogP contribution is -2.23. The standard InChI is InChI=1S/C14H19N3O/c1-14(2,9-18-3)11-6-4-10(5-7-11)12-8-13(15)17-16-12/h4-8H,9H2,1-3H3,(H3,15,16,17). The van der Waals surface area contributed by atoms with Crippen LogP contribution in [-0.4, -0.2) is 23.9 Å². The number of nitrogens with one attached hydrogen (secondary N) is 1. The quantitative estimate of drug-likeness (QED) is 0.870. The van der Waals surface area contributed by atoms with Crippen molar-refractivity contribution in [1.29, 1.82) is 0 Å². The third kappa shape index (κ3) is 2.54. The largest absolute Gasteiger partial charge is 0.384 e. The molecule has 18 heavy (non-hydrogen) atoms. The van der Waals surface area contributed by atoms with E-state index in [1.54, 1.807) is 7.11 Å². The van der Waals surface area contributed by atoms with Crippen molar-refractivity contribution >= 4 is 5.82 Å².